The standard InChI is InChI=1S/C18H27N7O/c1-19-18(24(3)14-16-6-12-26-22-16)21-13-15-5-4-7-20-17(15)25-10-8-23(2)9-11-25/h4-7,12H,8-11,13-14H2,1-3H3,(H,19,21). The highest BCUT2D eigenvalue weighted by Crippen LogP contribution is 2.18. The van der Waals surface area contributed by atoms with E-state index >= 15 is 0 Å². The molecule has 1 saturated heterocycles. The van der Waals surface area contributed by atoms with Crippen LogP contribution in [0.4, 0.5) is 5.82 Å². The van der Waals surface area contributed by atoms with Crippen LogP contribution in [0, 0.1) is 0 Å². The minimum absolute atomic E-state index is 0.633. The first-order valence-corrected chi connectivity index (χ1v) is 8.86. The number of pyridine rings is 1. The lowest BCUT2D eigenvalue weighted by molar-refractivity contribution is 0.311. The monoisotopic (exact) mass is 357 g/mol. The van der Waals surface area contributed by atoms with Gasteiger partial charge in [-0.3, -0.25) is 4.99 Å². The molecule has 1 aliphatic heterocycles. The van der Waals surface area contributed by atoms with E-state index in [1.54, 1.807) is 13.3 Å². The van der Waals surface area contributed by atoms with E-state index in [2.05, 4.69) is 43.4 Å². The first-order chi connectivity index (χ1) is 12.7. The molecule has 1 N–H and O–H groups in total. The van der Waals surface area contributed by atoms with Crippen LogP contribution < -0.4 is 10.2 Å². The maximum Gasteiger partial charge on any atom is 0.194 e. The third-order valence-electron chi connectivity index (χ3n) is 4.57. The largest absolute Gasteiger partial charge is 0.364 e. The van der Waals surface area contributed by atoms with E-state index in [9.17, 15) is 0 Å². The van der Waals surface area contributed by atoms with Crippen molar-refractivity contribution >= 4 is 11.8 Å². The summed E-state index contributed by atoms with van der Waals surface area (Å²) in [5.74, 6) is 1.86. The highest BCUT2D eigenvalue weighted by Gasteiger charge is 2.18. The van der Waals surface area contributed by atoms with Crippen molar-refractivity contribution in [2.75, 3.05) is 52.2 Å². The number of piperazine rings is 1. The molecule has 0 aromatic carbocycles. The summed E-state index contributed by atoms with van der Waals surface area (Å²) in [6.07, 6.45) is 3.44. The Hall–Kier alpha value is -2.61. The van der Waals surface area contributed by atoms with Crippen molar-refractivity contribution in [2.24, 2.45) is 4.99 Å². The number of hydrogen-bond donors (Lipinski definition) is 1. The lowest BCUT2D eigenvalue weighted by atomic mass is 10.2. The third kappa shape index (κ3) is 4.51. The molecule has 0 unspecified atom stereocenters. The Kier molecular flexibility index (Phi) is 6.06. The van der Waals surface area contributed by atoms with E-state index in [-0.39, 0.29) is 0 Å². The van der Waals surface area contributed by atoms with E-state index in [0.717, 1.165) is 43.7 Å². The van der Waals surface area contributed by atoms with E-state index in [1.165, 1.54) is 5.56 Å². The van der Waals surface area contributed by atoms with Crippen molar-refractivity contribution in [1.82, 2.24) is 25.3 Å². The highest BCUT2D eigenvalue weighted by molar-refractivity contribution is 5.79. The molecule has 0 aliphatic carbocycles. The fourth-order valence-electron chi connectivity index (χ4n) is 3.07. The topological polar surface area (TPSA) is 73.0 Å². The molecule has 0 atom stereocenters. The van der Waals surface area contributed by atoms with E-state index < -0.39 is 0 Å². The first-order valence-electron chi connectivity index (χ1n) is 8.86. The van der Waals surface area contributed by atoms with Gasteiger partial charge >= 0.3 is 0 Å². The average Bonchev–Trinajstić information content (AvgIpc) is 3.16. The molecule has 0 bridgehead atoms. The second-order valence-electron chi connectivity index (χ2n) is 6.52. The van der Waals surface area contributed by atoms with Gasteiger partial charge in [0.25, 0.3) is 0 Å². The molecular weight excluding hydrogens is 330 g/mol. The van der Waals surface area contributed by atoms with Gasteiger partial charge in [-0.1, -0.05) is 11.2 Å². The Morgan fingerprint density at radius 2 is 2.12 bits per heavy atom. The van der Waals surface area contributed by atoms with Crippen molar-refractivity contribution < 1.29 is 4.52 Å². The zero-order valence-corrected chi connectivity index (χ0v) is 15.7. The Balaban J connectivity index is 1.63. The second-order valence-corrected chi connectivity index (χ2v) is 6.52. The normalized spacial score (nSPS) is 16.0. The molecule has 3 heterocycles. The van der Waals surface area contributed by atoms with Crippen LogP contribution in [-0.4, -0.2) is 73.2 Å². The Morgan fingerprint density at radius 1 is 1.31 bits per heavy atom. The molecule has 8 nitrogen and oxygen atoms in total. The summed E-state index contributed by atoms with van der Waals surface area (Å²) in [5, 5.41) is 7.38. The molecule has 0 amide bonds. The van der Waals surface area contributed by atoms with Crippen molar-refractivity contribution in [2.45, 2.75) is 13.1 Å². The predicted octanol–water partition coefficient (Wildman–Crippen LogP) is 1.03. The van der Waals surface area contributed by atoms with Crippen molar-refractivity contribution in [1.29, 1.82) is 0 Å². The summed E-state index contributed by atoms with van der Waals surface area (Å²) in [6.45, 7) is 5.43. The molecule has 1 aliphatic rings. The number of aliphatic imine (C=N–C) groups is 1. The van der Waals surface area contributed by atoms with Gasteiger partial charge in [-0.05, 0) is 13.1 Å². The molecule has 140 valence electrons. The van der Waals surface area contributed by atoms with E-state index in [1.807, 2.05) is 30.3 Å². The van der Waals surface area contributed by atoms with Crippen LogP contribution in [0.5, 0.6) is 0 Å². The number of hydrogen-bond acceptors (Lipinski definition) is 6. The van der Waals surface area contributed by atoms with Crippen LogP contribution in [-0.2, 0) is 13.1 Å². The smallest absolute Gasteiger partial charge is 0.194 e. The second kappa shape index (κ2) is 8.66. The zero-order chi connectivity index (χ0) is 18.4. The summed E-state index contributed by atoms with van der Waals surface area (Å²) in [5.41, 5.74) is 2.04. The number of guanidine groups is 1. The van der Waals surface area contributed by atoms with Gasteiger partial charge in [0.1, 0.15) is 17.8 Å². The number of likely N-dealkylation sites (N-methyl/N-ethyl adjacent to an activating group) is 1. The van der Waals surface area contributed by atoms with Crippen molar-refractivity contribution in [3.63, 3.8) is 0 Å². The molecule has 8 heteroatoms. The van der Waals surface area contributed by atoms with Gasteiger partial charge in [0, 0.05) is 64.6 Å². The predicted molar refractivity (Wildman–Crippen MR) is 102 cm³/mol. The van der Waals surface area contributed by atoms with Crippen LogP contribution in [0.1, 0.15) is 11.3 Å². The van der Waals surface area contributed by atoms with Gasteiger partial charge in [-0.2, -0.15) is 0 Å². The fourth-order valence-corrected chi connectivity index (χ4v) is 3.07. The summed E-state index contributed by atoms with van der Waals surface area (Å²) in [7, 11) is 5.92. The number of aromatic nitrogens is 2. The molecule has 0 saturated carbocycles. The van der Waals surface area contributed by atoms with Gasteiger partial charge in [0.15, 0.2) is 5.96 Å². The Labute approximate surface area is 154 Å². The molecule has 1 fully saturated rings. The number of nitrogens with zero attached hydrogens (tertiary/aromatic N) is 6. The molecule has 0 radical (unpaired) electrons. The molecular formula is C18H27N7O. The maximum absolute atomic E-state index is 4.89. The van der Waals surface area contributed by atoms with Crippen LogP contribution in [0.15, 0.2) is 40.2 Å². The fraction of sp³-hybridized carbons (Fsp3) is 0.500. The molecule has 3 rings (SSSR count). The van der Waals surface area contributed by atoms with Gasteiger partial charge in [-0.25, -0.2) is 4.98 Å². The van der Waals surface area contributed by atoms with Crippen LogP contribution in [0.2, 0.25) is 0 Å². The number of anilines is 1. The van der Waals surface area contributed by atoms with Crippen LogP contribution in [0.3, 0.4) is 0 Å². The minimum atomic E-state index is 0.633. The number of nitrogens with one attached hydrogen (secondary N) is 1. The van der Waals surface area contributed by atoms with E-state index in [0.29, 0.717) is 13.1 Å². The van der Waals surface area contributed by atoms with Gasteiger partial charge in [-0.15, -0.1) is 0 Å². The summed E-state index contributed by atoms with van der Waals surface area (Å²) in [4.78, 5) is 15.7. The number of rotatable bonds is 5. The van der Waals surface area contributed by atoms with Crippen LogP contribution >= 0.6 is 0 Å². The summed E-state index contributed by atoms with van der Waals surface area (Å²) < 4.78 is 4.89. The summed E-state index contributed by atoms with van der Waals surface area (Å²) in [6, 6.07) is 5.97. The molecule has 26 heavy (non-hydrogen) atoms. The Bertz CT molecular complexity index is 708. The van der Waals surface area contributed by atoms with Crippen molar-refractivity contribution in [3.05, 3.63) is 41.9 Å². The minimum Gasteiger partial charge on any atom is -0.364 e. The van der Waals surface area contributed by atoms with Gasteiger partial charge < -0.3 is 24.5 Å². The third-order valence-corrected chi connectivity index (χ3v) is 4.57. The Morgan fingerprint density at radius 3 is 2.81 bits per heavy atom. The van der Waals surface area contributed by atoms with Gasteiger partial charge in [0.05, 0.1) is 6.54 Å². The molecule has 2 aromatic rings. The quantitative estimate of drug-likeness (QED) is 0.633. The lowest BCUT2D eigenvalue weighted by Crippen LogP contribution is -2.45. The zero-order valence-electron chi connectivity index (χ0n) is 15.7. The first kappa shape index (κ1) is 18.2. The maximum atomic E-state index is 4.89. The lowest BCUT2D eigenvalue weighted by Gasteiger charge is -2.34. The van der Waals surface area contributed by atoms with Crippen LogP contribution in [0.25, 0.3) is 0 Å². The van der Waals surface area contributed by atoms with Gasteiger partial charge in [0.2, 0.25) is 0 Å². The molecule has 0 spiro atoms. The SMILES string of the molecule is CN=C(NCc1cccnc1N1CCN(C)CC1)N(C)Cc1ccon1. The van der Waals surface area contributed by atoms with Crippen molar-refractivity contribution in [3.8, 4) is 0 Å². The highest BCUT2D eigenvalue weighted by atomic mass is 16.5. The molecule has 2 aromatic heterocycles. The average molecular weight is 357 g/mol. The summed E-state index contributed by atoms with van der Waals surface area (Å²) >= 11 is 0. The van der Waals surface area contributed by atoms with E-state index in [4.69, 9.17) is 4.52 Å².